The Kier molecular flexibility index (Phi) is 8.61. The molecule has 0 spiro atoms. The van der Waals surface area contributed by atoms with E-state index in [2.05, 4.69) is 10.3 Å². The zero-order valence-corrected chi connectivity index (χ0v) is 15.6. The lowest BCUT2D eigenvalue weighted by atomic mass is 10.2. The zero-order valence-electron chi connectivity index (χ0n) is 15.6. The second-order valence-electron chi connectivity index (χ2n) is 6.46. The highest BCUT2D eigenvalue weighted by Crippen LogP contribution is 2.28. The zero-order chi connectivity index (χ0) is 18.8. The van der Waals surface area contributed by atoms with Crippen LogP contribution in [0.2, 0.25) is 0 Å². The summed E-state index contributed by atoms with van der Waals surface area (Å²) in [6, 6.07) is 7.10. The van der Waals surface area contributed by atoms with Gasteiger partial charge in [0.2, 0.25) is 0 Å². The molecule has 0 aliphatic heterocycles. The van der Waals surface area contributed by atoms with E-state index in [9.17, 15) is 8.78 Å². The van der Waals surface area contributed by atoms with Crippen LogP contribution >= 0.6 is 0 Å². The highest BCUT2D eigenvalue weighted by Gasteiger charge is 2.21. The number of alkyl halides is 2. The first kappa shape index (κ1) is 20.4. The van der Waals surface area contributed by atoms with Gasteiger partial charge in [0.1, 0.15) is 12.4 Å². The Morgan fingerprint density at radius 1 is 1.38 bits per heavy atom. The van der Waals surface area contributed by atoms with E-state index in [-0.39, 0.29) is 0 Å². The van der Waals surface area contributed by atoms with E-state index in [1.54, 1.807) is 18.2 Å². The van der Waals surface area contributed by atoms with Crippen molar-refractivity contribution in [3.63, 3.8) is 0 Å². The van der Waals surface area contributed by atoms with Crippen LogP contribution in [0.15, 0.2) is 29.3 Å². The molecule has 1 saturated carbocycles. The van der Waals surface area contributed by atoms with Crippen LogP contribution in [0.5, 0.6) is 5.75 Å². The fraction of sp³-hybridized carbons (Fsp3) is 0.632. The quantitative estimate of drug-likeness (QED) is 0.370. The highest BCUT2D eigenvalue weighted by molar-refractivity contribution is 5.79. The van der Waals surface area contributed by atoms with Crippen molar-refractivity contribution in [2.45, 2.75) is 32.7 Å². The monoisotopic (exact) mass is 369 g/mol. The van der Waals surface area contributed by atoms with E-state index in [0.717, 1.165) is 37.1 Å². The Hall–Kier alpha value is -1.89. The molecule has 0 aromatic heterocycles. The third-order valence-corrected chi connectivity index (χ3v) is 4.00. The molecule has 1 aromatic carbocycles. The maximum Gasteiger partial charge on any atom is 0.272 e. The summed E-state index contributed by atoms with van der Waals surface area (Å²) in [4.78, 5) is 6.65. The molecule has 0 unspecified atom stereocenters. The van der Waals surface area contributed by atoms with Gasteiger partial charge in [-0.25, -0.2) is 13.8 Å². The molecule has 1 N–H and O–H groups in total. The minimum Gasteiger partial charge on any atom is -0.488 e. The van der Waals surface area contributed by atoms with E-state index in [4.69, 9.17) is 9.47 Å². The van der Waals surface area contributed by atoms with Crippen molar-refractivity contribution in [1.29, 1.82) is 0 Å². The fourth-order valence-electron chi connectivity index (χ4n) is 2.37. The minimum absolute atomic E-state index is 0.435. The van der Waals surface area contributed by atoms with Gasteiger partial charge in [0.15, 0.2) is 5.96 Å². The van der Waals surface area contributed by atoms with Crippen LogP contribution in [0, 0.1) is 5.92 Å². The van der Waals surface area contributed by atoms with Crippen LogP contribution in [-0.2, 0) is 11.3 Å². The highest BCUT2D eigenvalue weighted by atomic mass is 19.3. The molecule has 7 heteroatoms. The van der Waals surface area contributed by atoms with Crippen molar-refractivity contribution >= 4 is 5.96 Å². The maximum absolute atomic E-state index is 12.3. The van der Waals surface area contributed by atoms with Gasteiger partial charge < -0.3 is 19.7 Å². The van der Waals surface area contributed by atoms with Gasteiger partial charge in [0.25, 0.3) is 6.43 Å². The van der Waals surface area contributed by atoms with Gasteiger partial charge in [-0.05, 0) is 43.4 Å². The average molecular weight is 369 g/mol. The van der Waals surface area contributed by atoms with Crippen LogP contribution in [0.3, 0.4) is 0 Å². The van der Waals surface area contributed by atoms with Crippen molar-refractivity contribution in [2.24, 2.45) is 10.9 Å². The first-order valence-corrected chi connectivity index (χ1v) is 9.15. The smallest absolute Gasteiger partial charge is 0.272 e. The predicted octanol–water partition coefficient (Wildman–Crippen LogP) is 3.15. The molecule has 1 aliphatic carbocycles. The van der Waals surface area contributed by atoms with Gasteiger partial charge in [0.05, 0.1) is 13.2 Å². The Bertz CT molecular complexity index is 565. The summed E-state index contributed by atoms with van der Waals surface area (Å²) < 4.78 is 35.2. The van der Waals surface area contributed by atoms with Crippen LogP contribution in [0.4, 0.5) is 8.78 Å². The summed E-state index contributed by atoms with van der Waals surface area (Å²) in [6.45, 7) is 4.92. The molecule has 0 saturated heterocycles. The third-order valence-electron chi connectivity index (χ3n) is 4.00. The van der Waals surface area contributed by atoms with Gasteiger partial charge in [-0.3, -0.25) is 0 Å². The Morgan fingerprint density at radius 3 is 2.88 bits per heavy atom. The molecule has 1 aromatic rings. The number of ether oxygens (including phenoxy) is 2. The number of nitrogens with one attached hydrogen (secondary N) is 1. The fourth-order valence-corrected chi connectivity index (χ4v) is 2.37. The molecule has 146 valence electrons. The number of guanidine groups is 1. The Labute approximate surface area is 154 Å². The van der Waals surface area contributed by atoms with Crippen molar-refractivity contribution in [2.75, 3.05) is 40.0 Å². The summed E-state index contributed by atoms with van der Waals surface area (Å²) in [5, 5.41) is 3.26. The number of nitrogens with zero attached hydrogens (tertiary/aromatic N) is 2. The summed E-state index contributed by atoms with van der Waals surface area (Å²) in [5.41, 5.74) is 0.908. The molecule has 0 heterocycles. The van der Waals surface area contributed by atoms with Crippen LogP contribution in [-0.4, -0.2) is 57.2 Å². The number of likely N-dealkylation sites (N-methyl/N-ethyl adjacent to an activating group) is 1. The van der Waals surface area contributed by atoms with Crippen molar-refractivity contribution in [1.82, 2.24) is 10.2 Å². The summed E-state index contributed by atoms with van der Waals surface area (Å²) in [7, 11) is 1.98. The lowest BCUT2D eigenvalue weighted by Gasteiger charge is -2.22. The molecule has 5 nitrogen and oxygen atoms in total. The molecular weight excluding hydrogens is 340 g/mol. The lowest BCUT2D eigenvalue weighted by molar-refractivity contribution is 0.0818. The summed E-state index contributed by atoms with van der Waals surface area (Å²) in [5.74, 6) is 1.99. The standard InChI is InChI=1S/C19H29F2N3O2/c1-3-22-19(24(2)9-10-25-13-15-7-8-15)23-12-16-5-4-6-17(11-16)26-14-18(20)21/h4-6,11,15,18H,3,7-10,12-14H2,1-2H3,(H,22,23). The topological polar surface area (TPSA) is 46.1 Å². The van der Waals surface area contributed by atoms with Crippen LogP contribution in [0.25, 0.3) is 0 Å². The van der Waals surface area contributed by atoms with Gasteiger partial charge in [-0.1, -0.05) is 12.1 Å². The SMILES string of the molecule is CCNC(=NCc1cccc(OCC(F)F)c1)N(C)CCOCC1CC1. The summed E-state index contributed by atoms with van der Waals surface area (Å²) in [6.07, 6.45) is 0.105. The van der Waals surface area contributed by atoms with Gasteiger partial charge >= 0.3 is 0 Å². The molecule has 26 heavy (non-hydrogen) atoms. The number of benzene rings is 1. The van der Waals surface area contributed by atoms with E-state index >= 15 is 0 Å². The Morgan fingerprint density at radius 2 is 2.19 bits per heavy atom. The predicted molar refractivity (Wildman–Crippen MR) is 98.9 cm³/mol. The van der Waals surface area contributed by atoms with E-state index in [1.165, 1.54) is 12.8 Å². The minimum atomic E-state index is -2.48. The average Bonchev–Trinajstić information content (AvgIpc) is 3.45. The normalized spacial score (nSPS) is 14.6. The van der Waals surface area contributed by atoms with Gasteiger partial charge in [-0.2, -0.15) is 0 Å². The van der Waals surface area contributed by atoms with Crippen molar-refractivity contribution in [3.05, 3.63) is 29.8 Å². The molecule has 0 radical (unpaired) electrons. The first-order valence-electron chi connectivity index (χ1n) is 9.15. The Balaban J connectivity index is 1.84. The van der Waals surface area contributed by atoms with Crippen molar-refractivity contribution in [3.8, 4) is 5.75 Å². The molecule has 1 aliphatic rings. The number of hydrogen-bond donors (Lipinski definition) is 1. The number of aliphatic imine (C=N–C) groups is 1. The molecule has 1 fully saturated rings. The molecule has 0 bridgehead atoms. The van der Waals surface area contributed by atoms with E-state index in [1.807, 2.05) is 24.9 Å². The van der Waals surface area contributed by atoms with Crippen LogP contribution in [0.1, 0.15) is 25.3 Å². The number of rotatable bonds is 11. The van der Waals surface area contributed by atoms with Crippen LogP contribution < -0.4 is 10.1 Å². The maximum atomic E-state index is 12.3. The largest absolute Gasteiger partial charge is 0.488 e. The number of hydrogen-bond acceptors (Lipinski definition) is 3. The van der Waals surface area contributed by atoms with E-state index in [0.29, 0.717) is 18.9 Å². The molecule has 2 rings (SSSR count). The molecule has 0 atom stereocenters. The molecular formula is C19H29F2N3O2. The van der Waals surface area contributed by atoms with Gasteiger partial charge in [0, 0.05) is 26.7 Å². The molecule has 0 amide bonds. The lowest BCUT2D eigenvalue weighted by Crippen LogP contribution is -2.40. The third kappa shape index (κ3) is 7.99. The number of halogens is 2. The van der Waals surface area contributed by atoms with Gasteiger partial charge in [-0.15, -0.1) is 0 Å². The van der Waals surface area contributed by atoms with Crippen molar-refractivity contribution < 1.29 is 18.3 Å². The first-order chi connectivity index (χ1) is 12.6. The second-order valence-corrected chi connectivity index (χ2v) is 6.46. The second kappa shape index (κ2) is 11.0. The summed E-state index contributed by atoms with van der Waals surface area (Å²) >= 11 is 0. The van der Waals surface area contributed by atoms with E-state index < -0.39 is 13.0 Å².